The second kappa shape index (κ2) is 5.06. The Kier molecular flexibility index (Phi) is 3.50. The van der Waals surface area contributed by atoms with Crippen LogP contribution in [0.1, 0.15) is 31.2 Å². The fraction of sp³-hybridized carbons (Fsp3) is 0.429. The molecule has 1 aromatic rings. The van der Waals surface area contributed by atoms with E-state index in [1.165, 1.54) is 18.4 Å². The minimum Gasteiger partial charge on any atom is -0.386 e. The van der Waals surface area contributed by atoms with Gasteiger partial charge in [-0.1, -0.05) is 37.3 Å². The quantitative estimate of drug-likeness (QED) is 0.812. The third-order valence-electron chi connectivity index (χ3n) is 3.33. The summed E-state index contributed by atoms with van der Waals surface area (Å²) >= 11 is 0. The molecule has 0 fully saturated rings. The first-order valence-corrected chi connectivity index (χ1v) is 6.05. The van der Waals surface area contributed by atoms with Gasteiger partial charge in [0, 0.05) is 6.54 Å². The molecule has 0 bridgehead atoms. The van der Waals surface area contributed by atoms with Crippen LogP contribution in [0.15, 0.2) is 42.2 Å². The molecular formula is C14H20N2. The third kappa shape index (κ3) is 2.57. The van der Waals surface area contributed by atoms with E-state index in [-0.39, 0.29) is 0 Å². The van der Waals surface area contributed by atoms with Crippen LogP contribution in [0.5, 0.6) is 0 Å². The first-order valence-electron chi connectivity index (χ1n) is 6.05. The fourth-order valence-electron chi connectivity index (χ4n) is 2.40. The van der Waals surface area contributed by atoms with Crippen LogP contribution in [0.4, 0.5) is 0 Å². The smallest absolute Gasteiger partial charge is 0.0922 e. The summed E-state index contributed by atoms with van der Waals surface area (Å²) in [5, 5.41) is 3.19. The Morgan fingerprint density at radius 1 is 1.38 bits per heavy atom. The monoisotopic (exact) mass is 216 g/mol. The fourth-order valence-corrected chi connectivity index (χ4v) is 2.40. The van der Waals surface area contributed by atoms with E-state index < -0.39 is 0 Å². The lowest BCUT2D eigenvalue weighted by Gasteiger charge is -2.18. The molecule has 0 radical (unpaired) electrons. The van der Waals surface area contributed by atoms with Crippen molar-refractivity contribution in [1.82, 2.24) is 5.32 Å². The molecule has 2 atom stereocenters. The van der Waals surface area contributed by atoms with Crippen molar-refractivity contribution in [2.75, 3.05) is 6.54 Å². The second-order valence-corrected chi connectivity index (χ2v) is 4.51. The molecule has 0 spiro atoms. The number of hydrogen-bond donors (Lipinski definition) is 2. The lowest BCUT2D eigenvalue weighted by atomic mass is 9.87. The predicted molar refractivity (Wildman–Crippen MR) is 67.9 cm³/mol. The summed E-state index contributed by atoms with van der Waals surface area (Å²) in [5.74, 6) is 2.08. The predicted octanol–water partition coefficient (Wildman–Crippen LogP) is 2.59. The zero-order valence-electron chi connectivity index (χ0n) is 9.82. The average Bonchev–Trinajstić information content (AvgIpc) is 2.73. The van der Waals surface area contributed by atoms with E-state index >= 15 is 0 Å². The molecule has 1 heterocycles. The van der Waals surface area contributed by atoms with E-state index in [4.69, 9.17) is 5.73 Å². The average molecular weight is 216 g/mol. The maximum Gasteiger partial charge on any atom is 0.0922 e. The van der Waals surface area contributed by atoms with Crippen LogP contribution >= 0.6 is 0 Å². The minimum atomic E-state index is 0.588. The summed E-state index contributed by atoms with van der Waals surface area (Å²) in [6.07, 6.45) is 4.54. The van der Waals surface area contributed by atoms with Gasteiger partial charge in [-0.25, -0.2) is 0 Å². The molecule has 2 rings (SSSR count). The molecule has 86 valence electrons. The highest BCUT2D eigenvalue weighted by atomic mass is 15.0. The van der Waals surface area contributed by atoms with Crippen LogP contribution in [0.2, 0.25) is 0 Å². The lowest BCUT2D eigenvalue weighted by Crippen LogP contribution is -2.17. The van der Waals surface area contributed by atoms with Gasteiger partial charge in [-0.3, -0.25) is 0 Å². The summed E-state index contributed by atoms with van der Waals surface area (Å²) in [4.78, 5) is 0. The van der Waals surface area contributed by atoms with Crippen molar-refractivity contribution in [3.63, 3.8) is 0 Å². The van der Waals surface area contributed by atoms with Gasteiger partial charge in [-0.15, -0.1) is 0 Å². The second-order valence-electron chi connectivity index (χ2n) is 4.51. The van der Waals surface area contributed by atoms with Gasteiger partial charge in [-0.05, 0) is 36.3 Å². The van der Waals surface area contributed by atoms with E-state index in [9.17, 15) is 0 Å². The molecule has 0 saturated carbocycles. The van der Waals surface area contributed by atoms with E-state index in [1.807, 2.05) is 0 Å². The largest absolute Gasteiger partial charge is 0.386 e. The molecule has 0 saturated heterocycles. The molecule has 0 aromatic heterocycles. The minimum absolute atomic E-state index is 0.588. The number of rotatable bonds is 4. The highest BCUT2D eigenvalue weighted by Gasteiger charge is 2.18. The van der Waals surface area contributed by atoms with Crippen LogP contribution < -0.4 is 11.1 Å². The SMILES string of the molecule is CC[C@@H](C[C@H]1C=C(N)NC1)c1ccccc1. The third-order valence-corrected chi connectivity index (χ3v) is 3.33. The van der Waals surface area contributed by atoms with Gasteiger partial charge in [-0.2, -0.15) is 0 Å². The maximum absolute atomic E-state index is 5.73. The molecule has 0 amide bonds. The van der Waals surface area contributed by atoms with Crippen LogP contribution in [0.25, 0.3) is 0 Å². The molecule has 0 aliphatic carbocycles. The number of hydrogen-bond acceptors (Lipinski definition) is 2. The van der Waals surface area contributed by atoms with Crippen molar-refractivity contribution in [1.29, 1.82) is 0 Å². The highest BCUT2D eigenvalue weighted by molar-refractivity contribution is 5.20. The van der Waals surface area contributed by atoms with Crippen LogP contribution in [-0.2, 0) is 0 Å². The van der Waals surface area contributed by atoms with E-state index in [0.29, 0.717) is 11.8 Å². The molecule has 3 N–H and O–H groups in total. The van der Waals surface area contributed by atoms with Gasteiger partial charge in [0.05, 0.1) is 5.82 Å². The standard InChI is InChI=1S/C14H20N2/c1-2-12(13-6-4-3-5-7-13)8-11-9-14(15)16-10-11/h3-7,9,11-12,16H,2,8,10,15H2,1H3/t11-,12-/m0/s1. The molecule has 2 nitrogen and oxygen atoms in total. The van der Waals surface area contributed by atoms with Gasteiger partial charge in [0.1, 0.15) is 0 Å². The Labute approximate surface area is 97.5 Å². The summed E-state index contributed by atoms with van der Waals surface area (Å²) in [6.45, 7) is 3.25. The van der Waals surface area contributed by atoms with E-state index in [2.05, 4.69) is 48.6 Å². The molecule has 1 aliphatic rings. The van der Waals surface area contributed by atoms with Gasteiger partial charge in [0.15, 0.2) is 0 Å². The zero-order chi connectivity index (χ0) is 11.4. The summed E-state index contributed by atoms with van der Waals surface area (Å²) in [6, 6.07) is 10.8. The number of nitrogens with two attached hydrogens (primary N) is 1. The first-order chi connectivity index (χ1) is 7.79. The van der Waals surface area contributed by atoms with Crippen LogP contribution in [-0.4, -0.2) is 6.54 Å². The van der Waals surface area contributed by atoms with Gasteiger partial charge in [0.2, 0.25) is 0 Å². The molecular weight excluding hydrogens is 196 g/mol. The van der Waals surface area contributed by atoms with Gasteiger partial charge < -0.3 is 11.1 Å². The lowest BCUT2D eigenvalue weighted by molar-refractivity contribution is 0.502. The Morgan fingerprint density at radius 3 is 2.69 bits per heavy atom. The normalized spacial score (nSPS) is 21.3. The molecule has 1 aromatic carbocycles. The Bertz CT molecular complexity index is 356. The number of nitrogens with one attached hydrogen (secondary N) is 1. The van der Waals surface area contributed by atoms with Crippen molar-refractivity contribution in [3.8, 4) is 0 Å². The highest BCUT2D eigenvalue weighted by Crippen LogP contribution is 2.28. The Balaban J connectivity index is 2.01. The van der Waals surface area contributed by atoms with Crippen molar-refractivity contribution in [3.05, 3.63) is 47.8 Å². The first kappa shape index (κ1) is 11.1. The van der Waals surface area contributed by atoms with Gasteiger partial charge in [0.25, 0.3) is 0 Å². The van der Waals surface area contributed by atoms with Gasteiger partial charge >= 0.3 is 0 Å². The Hall–Kier alpha value is -1.44. The van der Waals surface area contributed by atoms with Crippen molar-refractivity contribution in [2.24, 2.45) is 11.7 Å². The maximum atomic E-state index is 5.73. The molecule has 2 heteroatoms. The van der Waals surface area contributed by atoms with Crippen LogP contribution in [0.3, 0.4) is 0 Å². The Morgan fingerprint density at radius 2 is 2.12 bits per heavy atom. The molecule has 0 unspecified atom stereocenters. The summed E-state index contributed by atoms with van der Waals surface area (Å²) in [7, 11) is 0. The summed E-state index contributed by atoms with van der Waals surface area (Å²) < 4.78 is 0. The molecule has 1 aliphatic heterocycles. The summed E-state index contributed by atoms with van der Waals surface area (Å²) in [5.41, 5.74) is 7.18. The zero-order valence-corrected chi connectivity index (χ0v) is 9.82. The van der Waals surface area contributed by atoms with Crippen molar-refractivity contribution < 1.29 is 0 Å². The van der Waals surface area contributed by atoms with E-state index in [1.54, 1.807) is 0 Å². The topological polar surface area (TPSA) is 38.0 Å². The van der Waals surface area contributed by atoms with Crippen molar-refractivity contribution >= 4 is 0 Å². The van der Waals surface area contributed by atoms with Crippen LogP contribution in [0, 0.1) is 5.92 Å². The molecule has 16 heavy (non-hydrogen) atoms. The number of benzene rings is 1. The van der Waals surface area contributed by atoms with Crippen molar-refractivity contribution in [2.45, 2.75) is 25.7 Å². The van der Waals surface area contributed by atoms with E-state index in [0.717, 1.165) is 12.4 Å².